The van der Waals surface area contributed by atoms with Crippen LogP contribution in [0.25, 0.3) is 12.2 Å². The lowest BCUT2D eigenvalue weighted by Gasteiger charge is -1.96. The van der Waals surface area contributed by atoms with E-state index in [0.717, 1.165) is 11.1 Å². The Morgan fingerprint density at radius 1 is 1.07 bits per heavy atom. The van der Waals surface area contributed by atoms with E-state index >= 15 is 0 Å². The number of nitrogens with zero attached hydrogens (tertiary/aromatic N) is 1. The van der Waals surface area contributed by atoms with Gasteiger partial charge in [0.2, 0.25) is 0 Å². The summed E-state index contributed by atoms with van der Waals surface area (Å²) < 4.78 is 0. The van der Waals surface area contributed by atoms with E-state index in [-0.39, 0.29) is 0 Å². The Morgan fingerprint density at radius 2 is 1.67 bits per heavy atom. The second-order valence-electron chi connectivity index (χ2n) is 2.80. The van der Waals surface area contributed by atoms with E-state index < -0.39 is 0 Å². The maximum Gasteiger partial charge on any atom is 0.0919 e. The number of aromatic amines is 1. The van der Waals surface area contributed by atoms with Gasteiger partial charge in [0.15, 0.2) is 0 Å². The van der Waals surface area contributed by atoms with Gasteiger partial charge in [-0.05, 0) is 11.1 Å². The third kappa shape index (κ3) is 3.65. The van der Waals surface area contributed by atoms with Gasteiger partial charge in [-0.2, -0.15) is 0 Å². The lowest BCUT2D eigenvalue weighted by atomic mass is 10.1. The second-order valence-corrected chi connectivity index (χ2v) is 2.80. The molecule has 0 bridgehead atoms. The van der Waals surface area contributed by atoms with Crippen LogP contribution in [0.3, 0.4) is 0 Å². The van der Waals surface area contributed by atoms with Crippen molar-refractivity contribution in [2.24, 2.45) is 0 Å². The van der Waals surface area contributed by atoms with Gasteiger partial charge in [0, 0.05) is 12.4 Å². The molecule has 1 heterocycles. The zero-order valence-electron chi connectivity index (χ0n) is 8.56. The molecular weight excluding hydrogens is 184 g/mol. The highest BCUT2D eigenvalue weighted by atomic mass is 14.8. The van der Waals surface area contributed by atoms with E-state index in [9.17, 15) is 0 Å². The molecule has 0 radical (unpaired) electrons. The molecule has 0 aliphatic heterocycles. The van der Waals surface area contributed by atoms with Crippen molar-refractivity contribution in [1.29, 1.82) is 0 Å². The Hall–Kier alpha value is -2.09. The number of imidazole rings is 1. The lowest BCUT2D eigenvalue weighted by Crippen LogP contribution is -1.76. The van der Waals surface area contributed by atoms with Crippen LogP contribution in [0.2, 0.25) is 0 Å². The van der Waals surface area contributed by atoms with Crippen LogP contribution in [0.15, 0.2) is 56.1 Å². The van der Waals surface area contributed by atoms with Gasteiger partial charge < -0.3 is 4.98 Å². The Balaban J connectivity index is 0.000000187. The summed E-state index contributed by atoms with van der Waals surface area (Å²) in [5.41, 5.74) is 2.27. The minimum atomic E-state index is 1.14. The van der Waals surface area contributed by atoms with Crippen LogP contribution in [-0.2, 0) is 0 Å². The maximum absolute atomic E-state index is 3.69. The Labute approximate surface area is 90.0 Å². The molecule has 0 saturated heterocycles. The first-order valence-electron chi connectivity index (χ1n) is 4.65. The number of nitrogens with one attached hydrogen (secondary N) is 1. The smallest absolute Gasteiger partial charge is 0.0919 e. The Morgan fingerprint density at radius 3 is 1.93 bits per heavy atom. The SMILES string of the molecule is C=Cc1ccccc1C=C.c1c[nH]cn1. The lowest BCUT2D eigenvalue weighted by molar-refractivity contribution is 1.31. The van der Waals surface area contributed by atoms with Gasteiger partial charge >= 0.3 is 0 Å². The van der Waals surface area contributed by atoms with Gasteiger partial charge in [-0.15, -0.1) is 0 Å². The van der Waals surface area contributed by atoms with Crippen LogP contribution in [0.1, 0.15) is 11.1 Å². The van der Waals surface area contributed by atoms with Gasteiger partial charge in [0.05, 0.1) is 6.33 Å². The fraction of sp³-hybridized carbons (Fsp3) is 0. The standard InChI is InChI=1S/C10H10.C3H4N2/c1-3-9-7-5-6-8-10(9)4-2;1-2-5-3-4-1/h3-8H,1-2H2;1-3H,(H,4,5). The van der Waals surface area contributed by atoms with Crippen molar-refractivity contribution in [2.45, 2.75) is 0 Å². The molecule has 0 aliphatic carbocycles. The summed E-state index contributed by atoms with van der Waals surface area (Å²) >= 11 is 0. The first kappa shape index (κ1) is 11.0. The normalized spacial score (nSPS) is 8.53. The summed E-state index contributed by atoms with van der Waals surface area (Å²) in [6.45, 7) is 7.38. The molecule has 2 rings (SSSR count). The van der Waals surface area contributed by atoms with Crippen LogP contribution < -0.4 is 0 Å². The molecule has 2 heteroatoms. The van der Waals surface area contributed by atoms with Crippen LogP contribution in [0.5, 0.6) is 0 Å². The predicted octanol–water partition coefficient (Wildman–Crippen LogP) is 3.38. The fourth-order valence-electron chi connectivity index (χ4n) is 1.10. The topological polar surface area (TPSA) is 28.7 Å². The molecule has 2 aromatic rings. The van der Waals surface area contributed by atoms with Crippen LogP contribution in [0, 0.1) is 0 Å². The molecular formula is C13H14N2. The number of hydrogen-bond acceptors (Lipinski definition) is 1. The van der Waals surface area contributed by atoms with Gasteiger partial charge in [0.1, 0.15) is 0 Å². The summed E-state index contributed by atoms with van der Waals surface area (Å²) in [4.78, 5) is 6.42. The van der Waals surface area contributed by atoms with Gasteiger partial charge in [-0.3, -0.25) is 0 Å². The number of rotatable bonds is 2. The number of benzene rings is 1. The predicted molar refractivity (Wildman–Crippen MR) is 65.2 cm³/mol. The minimum Gasteiger partial charge on any atom is -0.351 e. The van der Waals surface area contributed by atoms with Crippen LogP contribution in [0.4, 0.5) is 0 Å². The molecule has 1 aromatic carbocycles. The van der Waals surface area contributed by atoms with Crippen molar-refractivity contribution in [2.75, 3.05) is 0 Å². The minimum absolute atomic E-state index is 1.14. The first-order chi connectivity index (χ1) is 7.38. The molecule has 1 aromatic heterocycles. The van der Waals surface area contributed by atoms with E-state index in [1.165, 1.54) is 0 Å². The Kier molecular flexibility index (Phi) is 4.67. The molecule has 0 saturated carbocycles. The van der Waals surface area contributed by atoms with Crippen molar-refractivity contribution < 1.29 is 0 Å². The van der Waals surface area contributed by atoms with Crippen molar-refractivity contribution in [3.63, 3.8) is 0 Å². The van der Waals surface area contributed by atoms with E-state index in [4.69, 9.17) is 0 Å². The van der Waals surface area contributed by atoms with E-state index in [1.807, 2.05) is 36.4 Å². The quantitative estimate of drug-likeness (QED) is 0.787. The van der Waals surface area contributed by atoms with E-state index in [1.54, 1.807) is 18.7 Å². The fourth-order valence-corrected chi connectivity index (χ4v) is 1.10. The van der Waals surface area contributed by atoms with Crippen molar-refractivity contribution >= 4 is 12.2 Å². The second kappa shape index (κ2) is 6.38. The molecule has 76 valence electrons. The summed E-state index contributed by atoms with van der Waals surface area (Å²) in [5, 5.41) is 0. The molecule has 15 heavy (non-hydrogen) atoms. The molecule has 0 spiro atoms. The first-order valence-corrected chi connectivity index (χ1v) is 4.65. The van der Waals surface area contributed by atoms with Crippen molar-refractivity contribution in [3.8, 4) is 0 Å². The summed E-state index contributed by atoms with van der Waals surface area (Å²) in [6.07, 6.45) is 8.74. The molecule has 0 unspecified atom stereocenters. The maximum atomic E-state index is 3.69. The van der Waals surface area contributed by atoms with Gasteiger partial charge in [-0.1, -0.05) is 49.6 Å². The van der Waals surface area contributed by atoms with Crippen LogP contribution >= 0.6 is 0 Å². The average molecular weight is 198 g/mol. The van der Waals surface area contributed by atoms with Crippen molar-refractivity contribution in [1.82, 2.24) is 9.97 Å². The summed E-state index contributed by atoms with van der Waals surface area (Å²) in [6, 6.07) is 8.02. The molecule has 0 aliphatic rings. The van der Waals surface area contributed by atoms with E-state index in [2.05, 4.69) is 23.1 Å². The number of aromatic nitrogens is 2. The summed E-state index contributed by atoms with van der Waals surface area (Å²) in [7, 11) is 0. The molecule has 0 fully saturated rings. The van der Waals surface area contributed by atoms with Gasteiger partial charge in [-0.25, -0.2) is 4.98 Å². The number of H-pyrrole nitrogens is 1. The molecule has 0 atom stereocenters. The highest BCUT2D eigenvalue weighted by molar-refractivity contribution is 5.63. The largest absolute Gasteiger partial charge is 0.351 e. The number of hydrogen-bond donors (Lipinski definition) is 1. The van der Waals surface area contributed by atoms with Crippen molar-refractivity contribution in [3.05, 3.63) is 67.3 Å². The molecule has 2 nitrogen and oxygen atoms in total. The van der Waals surface area contributed by atoms with Gasteiger partial charge in [0.25, 0.3) is 0 Å². The molecule has 1 N–H and O–H groups in total. The zero-order valence-corrected chi connectivity index (χ0v) is 8.56. The average Bonchev–Trinajstić information content (AvgIpc) is 2.87. The third-order valence-corrected chi connectivity index (χ3v) is 1.84. The van der Waals surface area contributed by atoms with E-state index in [0.29, 0.717) is 0 Å². The third-order valence-electron chi connectivity index (χ3n) is 1.84. The zero-order chi connectivity index (χ0) is 10.9. The Bertz CT molecular complexity index is 358. The monoisotopic (exact) mass is 198 g/mol. The highest BCUT2D eigenvalue weighted by Gasteiger charge is 1.89. The van der Waals surface area contributed by atoms with Crippen LogP contribution in [-0.4, -0.2) is 9.97 Å². The highest BCUT2D eigenvalue weighted by Crippen LogP contribution is 2.10. The molecule has 0 amide bonds. The summed E-state index contributed by atoms with van der Waals surface area (Å²) in [5.74, 6) is 0.